The lowest BCUT2D eigenvalue weighted by atomic mass is 10.6. The van der Waals surface area contributed by atoms with Crippen LogP contribution in [-0.4, -0.2) is 0 Å². The molecule has 0 saturated carbocycles. The number of nitrogens with two attached hydrogens (primary N) is 1. The molecule has 31 valence electrons. The summed E-state index contributed by atoms with van der Waals surface area (Å²) in [6.07, 6.45) is 3.86. The fraction of sp³-hybridized carbons (Fsp3) is 0. The average molecular weight is 82.1 g/mol. The van der Waals surface area contributed by atoms with E-state index in [1.165, 1.54) is 6.26 Å². The van der Waals surface area contributed by atoms with Gasteiger partial charge in [-0.2, -0.15) is 0 Å². The van der Waals surface area contributed by atoms with Crippen molar-refractivity contribution < 1.29 is 4.42 Å². The molecule has 0 atom stereocenters. The van der Waals surface area contributed by atoms with Gasteiger partial charge in [0.1, 0.15) is 6.26 Å². The Morgan fingerprint density at radius 3 is 2.83 bits per heavy atom. The van der Waals surface area contributed by atoms with Crippen molar-refractivity contribution in [3.63, 3.8) is 0 Å². The molecule has 1 aromatic rings. The van der Waals surface area contributed by atoms with Crippen LogP contribution in [0.5, 0.6) is 0 Å². The standard InChI is InChI=1S/C4H4NO/c5-4-1-2-6-3-4/h1,3H,5H2. The fourth-order valence-electron chi connectivity index (χ4n) is 0.238. The summed E-state index contributed by atoms with van der Waals surface area (Å²) in [5.74, 6) is 0. The van der Waals surface area contributed by atoms with Gasteiger partial charge in [0.2, 0.25) is 0 Å². The molecule has 1 radical (unpaired) electrons. The summed E-state index contributed by atoms with van der Waals surface area (Å²) in [6, 6.07) is 1.57. The first-order valence-electron chi connectivity index (χ1n) is 1.59. The van der Waals surface area contributed by atoms with Crippen molar-refractivity contribution in [1.82, 2.24) is 0 Å². The second-order valence-electron chi connectivity index (χ2n) is 0.998. The molecule has 0 saturated heterocycles. The zero-order valence-electron chi connectivity index (χ0n) is 3.14. The molecule has 0 aliphatic carbocycles. The molecule has 2 heteroatoms. The van der Waals surface area contributed by atoms with Gasteiger partial charge in [-0.05, 0) is 0 Å². The number of anilines is 1. The molecule has 0 aliphatic rings. The molecule has 2 nitrogen and oxygen atoms in total. The van der Waals surface area contributed by atoms with Gasteiger partial charge in [0.05, 0.1) is 5.69 Å². The zero-order valence-corrected chi connectivity index (χ0v) is 3.14. The maximum Gasteiger partial charge on any atom is 0.171 e. The van der Waals surface area contributed by atoms with Gasteiger partial charge in [-0.15, -0.1) is 0 Å². The highest BCUT2D eigenvalue weighted by atomic mass is 16.3. The second-order valence-corrected chi connectivity index (χ2v) is 0.998. The lowest BCUT2D eigenvalue weighted by Gasteiger charge is -1.66. The Morgan fingerprint density at radius 2 is 2.67 bits per heavy atom. The van der Waals surface area contributed by atoms with E-state index >= 15 is 0 Å². The highest BCUT2D eigenvalue weighted by molar-refractivity contribution is 5.30. The Labute approximate surface area is 35.6 Å². The number of furan rings is 1. The van der Waals surface area contributed by atoms with Gasteiger partial charge >= 0.3 is 0 Å². The van der Waals surface area contributed by atoms with E-state index in [1.807, 2.05) is 0 Å². The smallest absolute Gasteiger partial charge is 0.171 e. The Kier molecular flexibility index (Phi) is 0.572. The van der Waals surface area contributed by atoms with Crippen molar-refractivity contribution in [2.24, 2.45) is 0 Å². The van der Waals surface area contributed by atoms with Crippen LogP contribution in [0, 0.1) is 6.26 Å². The first-order valence-corrected chi connectivity index (χ1v) is 1.59. The fourth-order valence-corrected chi connectivity index (χ4v) is 0.238. The summed E-state index contributed by atoms with van der Waals surface area (Å²) < 4.78 is 4.46. The second kappa shape index (κ2) is 1.05. The predicted octanol–water partition coefficient (Wildman–Crippen LogP) is 0.662. The van der Waals surface area contributed by atoms with Crippen molar-refractivity contribution in [2.45, 2.75) is 0 Å². The van der Waals surface area contributed by atoms with Crippen LogP contribution in [0.4, 0.5) is 5.69 Å². The van der Waals surface area contributed by atoms with Crippen molar-refractivity contribution in [3.05, 3.63) is 18.6 Å². The van der Waals surface area contributed by atoms with Crippen molar-refractivity contribution in [3.8, 4) is 0 Å². The highest BCUT2D eigenvalue weighted by Gasteiger charge is 1.77. The van der Waals surface area contributed by atoms with E-state index in [9.17, 15) is 0 Å². The normalized spacial score (nSPS) is 8.67. The number of hydrogen-bond acceptors (Lipinski definition) is 2. The summed E-state index contributed by atoms with van der Waals surface area (Å²) in [7, 11) is 0. The van der Waals surface area contributed by atoms with Gasteiger partial charge in [-0.1, -0.05) is 0 Å². The number of hydrogen-bond donors (Lipinski definition) is 1. The Morgan fingerprint density at radius 1 is 1.83 bits per heavy atom. The zero-order chi connectivity index (χ0) is 4.41. The molecule has 1 heterocycles. The molecule has 0 aromatic carbocycles. The monoisotopic (exact) mass is 82.0 g/mol. The maximum absolute atomic E-state index is 5.15. The molecule has 0 aliphatic heterocycles. The predicted molar refractivity (Wildman–Crippen MR) is 22.0 cm³/mol. The lowest BCUT2D eigenvalue weighted by molar-refractivity contribution is 0.559. The molecule has 0 amide bonds. The Hall–Kier alpha value is -0.920. The summed E-state index contributed by atoms with van der Waals surface area (Å²) in [6.45, 7) is 0. The summed E-state index contributed by atoms with van der Waals surface area (Å²) in [5.41, 5.74) is 5.77. The van der Waals surface area contributed by atoms with E-state index in [1.54, 1.807) is 6.07 Å². The number of nitrogen functional groups attached to an aromatic ring is 1. The van der Waals surface area contributed by atoms with Gasteiger partial charge in [0.15, 0.2) is 6.26 Å². The first kappa shape index (κ1) is 3.28. The van der Waals surface area contributed by atoms with Crippen LogP contribution in [0.15, 0.2) is 16.7 Å². The molecule has 2 N–H and O–H groups in total. The van der Waals surface area contributed by atoms with Gasteiger partial charge in [-0.3, -0.25) is 0 Å². The topological polar surface area (TPSA) is 39.2 Å². The van der Waals surface area contributed by atoms with Crippen LogP contribution >= 0.6 is 0 Å². The van der Waals surface area contributed by atoms with Crippen molar-refractivity contribution >= 4 is 5.69 Å². The first-order chi connectivity index (χ1) is 2.89. The third-order valence-electron chi connectivity index (χ3n) is 0.489. The molecular weight excluding hydrogens is 78.0 g/mol. The summed E-state index contributed by atoms with van der Waals surface area (Å²) in [5, 5.41) is 0. The van der Waals surface area contributed by atoms with E-state index in [-0.39, 0.29) is 0 Å². The minimum atomic E-state index is 0.620. The van der Waals surface area contributed by atoms with E-state index in [2.05, 4.69) is 10.7 Å². The van der Waals surface area contributed by atoms with Crippen LogP contribution in [0.2, 0.25) is 0 Å². The summed E-state index contributed by atoms with van der Waals surface area (Å²) in [4.78, 5) is 0. The highest BCUT2D eigenvalue weighted by Crippen LogP contribution is 1.96. The minimum absolute atomic E-state index is 0.620. The molecular formula is C4H4NO. The quantitative estimate of drug-likeness (QED) is 0.499. The summed E-state index contributed by atoms with van der Waals surface area (Å²) >= 11 is 0. The minimum Gasteiger partial charge on any atom is -0.459 e. The van der Waals surface area contributed by atoms with E-state index < -0.39 is 0 Å². The van der Waals surface area contributed by atoms with Crippen LogP contribution in [0.3, 0.4) is 0 Å². The molecule has 0 spiro atoms. The Bertz CT molecular complexity index is 111. The van der Waals surface area contributed by atoms with Crippen molar-refractivity contribution in [1.29, 1.82) is 0 Å². The van der Waals surface area contributed by atoms with Gasteiger partial charge in [0, 0.05) is 6.07 Å². The molecule has 0 fully saturated rings. The van der Waals surface area contributed by atoms with Crippen LogP contribution in [0.1, 0.15) is 0 Å². The van der Waals surface area contributed by atoms with Crippen LogP contribution < -0.4 is 5.73 Å². The van der Waals surface area contributed by atoms with Crippen molar-refractivity contribution in [2.75, 3.05) is 5.73 Å². The van der Waals surface area contributed by atoms with Gasteiger partial charge < -0.3 is 10.2 Å². The lowest BCUT2D eigenvalue weighted by Crippen LogP contribution is -1.74. The van der Waals surface area contributed by atoms with Gasteiger partial charge in [-0.25, -0.2) is 0 Å². The molecule has 1 rings (SSSR count). The number of rotatable bonds is 0. The molecule has 0 unspecified atom stereocenters. The molecule has 0 bridgehead atoms. The van der Waals surface area contributed by atoms with E-state index in [4.69, 9.17) is 5.73 Å². The molecule has 1 aromatic heterocycles. The van der Waals surface area contributed by atoms with Gasteiger partial charge in [0.25, 0.3) is 0 Å². The third kappa shape index (κ3) is 0.360. The Balaban J connectivity index is 3.05. The van der Waals surface area contributed by atoms with Crippen LogP contribution in [-0.2, 0) is 0 Å². The average Bonchev–Trinajstić information content (AvgIpc) is 1.86. The maximum atomic E-state index is 5.15. The van der Waals surface area contributed by atoms with E-state index in [0.29, 0.717) is 5.69 Å². The largest absolute Gasteiger partial charge is 0.459 e. The molecule has 6 heavy (non-hydrogen) atoms. The van der Waals surface area contributed by atoms with Crippen LogP contribution in [0.25, 0.3) is 0 Å². The van der Waals surface area contributed by atoms with E-state index in [0.717, 1.165) is 0 Å². The third-order valence-corrected chi connectivity index (χ3v) is 0.489. The SMILES string of the molecule is Nc1c[c]oc1.